The van der Waals surface area contributed by atoms with Crippen LogP contribution in [0.15, 0.2) is 3.34 Å². The third-order valence-corrected chi connectivity index (χ3v) is 4.82. The Labute approximate surface area is 146 Å². The molecule has 127 valence electrons. The van der Waals surface area contributed by atoms with Crippen LogP contribution >= 0.6 is 0 Å². The van der Waals surface area contributed by atoms with E-state index in [-0.39, 0.29) is 5.54 Å². The van der Waals surface area contributed by atoms with Gasteiger partial charge in [0.05, 0.1) is 0 Å². The fourth-order valence-corrected chi connectivity index (χ4v) is 1.99. The van der Waals surface area contributed by atoms with Crippen LogP contribution in [0.25, 0.3) is 0 Å². The molecule has 3 heteroatoms. The van der Waals surface area contributed by atoms with Gasteiger partial charge >= 0.3 is 50.5 Å². The Morgan fingerprint density at radius 1 is 0.905 bits per heavy atom. The van der Waals surface area contributed by atoms with Crippen LogP contribution in [-0.4, -0.2) is 17.8 Å². The first-order valence-corrected chi connectivity index (χ1v) is 9.38. The fourth-order valence-electron chi connectivity index (χ4n) is 1.99. The predicted molar refractivity (Wildman–Crippen MR) is 89.6 cm³/mol. The van der Waals surface area contributed by atoms with Crippen LogP contribution in [0.3, 0.4) is 0 Å². The summed E-state index contributed by atoms with van der Waals surface area (Å²) in [5.74, 6) is 1.00. The molecule has 0 aromatic carbocycles. The van der Waals surface area contributed by atoms with Crippen molar-refractivity contribution in [3.63, 3.8) is 0 Å². The molecule has 0 aromatic rings. The molecule has 2 aliphatic carbocycles. The maximum absolute atomic E-state index is 7.00. The van der Waals surface area contributed by atoms with Crippen LogP contribution in [0.2, 0.25) is 0 Å². The van der Waals surface area contributed by atoms with Crippen molar-refractivity contribution in [1.29, 1.82) is 0 Å². The second-order valence-electron chi connectivity index (χ2n) is 6.75. The minimum atomic E-state index is 0.189. The zero-order valence-corrected chi connectivity index (χ0v) is 17.1. The Morgan fingerprint density at radius 3 is 1.43 bits per heavy atom. The molecular weight excluding hydrogens is 339 g/mol. The molecule has 0 atom stereocenters. The van der Waals surface area contributed by atoms with Gasteiger partial charge in [-0.3, -0.25) is 0 Å². The summed E-state index contributed by atoms with van der Waals surface area (Å²) in [5.41, 5.74) is 0.189. The molecule has 0 saturated heterocycles. The Bertz CT molecular complexity index is 192. The SMILES string of the molecule is CC(C)(C)[N]=[Nb].CC1CC[CH-]CC1.CO.[CH-]1CCCCC1. The van der Waals surface area contributed by atoms with Gasteiger partial charge in [0, 0.05) is 7.11 Å². The van der Waals surface area contributed by atoms with E-state index < -0.39 is 0 Å². The van der Waals surface area contributed by atoms with Crippen LogP contribution in [0.5, 0.6) is 0 Å². The summed E-state index contributed by atoms with van der Waals surface area (Å²) in [4.78, 5) is 0. The van der Waals surface area contributed by atoms with E-state index in [4.69, 9.17) is 5.11 Å². The van der Waals surface area contributed by atoms with Crippen molar-refractivity contribution in [2.24, 2.45) is 9.26 Å². The largest absolute Gasteiger partial charge is 0.400 e. The van der Waals surface area contributed by atoms with Crippen LogP contribution < -0.4 is 0 Å². The smallest absolute Gasteiger partial charge is 0.0319 e. The summed E-state index contributed by atoms with van der Waals surface area (Å²) >= 11 is 1.52. The number of hydrogen-bond acceptors (Lipinski definition) is 2. The quantitative estimate of drug-likeness (QED) is 0.428. The van der Waals surface area contributed by atoms with E-state index in [1.165, 1.54) is 78.7 Å². The average Bonchev–Trinajstić information content (AvgIpc) is 2.52. The summed E-state index contributed by atoms with van der Waals surface area (Å²) < 4.78 is 4.07. The first kappa shape index (κ1) is 23.8. The summed E-state index contributed by atoms with van der Waals surface area (Å²) in [6.45, 7) is 8.61. The molecular formula is C18H37NNbO-2. The maximum Gasteiger partial charge on any atom is 0.0319 e. The molecule has 0 heterocycles. The molecule has 2 rings (SSSR count). The van der Waals surface area contributed by atoms with E-state index in [0.717, 1.165) is 13.0 Å². The van der Waals surface area contributed by atoms with Crippen LogP contribution in [0.4, 0.5) is 0 Å². The Kier molecular flexibility index (Phi) is 19.1. The Balaban J connectivity index is 0. The first-order valence-electron chi connectivity index (χ1n) is 8.40. The van der Waals surface area contributed by atoms with Gasteiger partial charge in [-0.1, -0.05) is 39.0 Å². The third kappa shape index (κ3) is 22.9. The summed E-state index contributed by atoms with van der Waals surface area (Å²) in [6.07, 6.45) is 17.5. The second-order valence-corrected chi connectivity index (χ2v) is 7.24. The van der Waals surface area contributed by atoms with Gasteiger partial charge in [0.2, 0.25) is 0 Å². The van der Waals surface area contributed by atoms with E-state index in [1.807, 2.05) is 0 Å². The van der Waals surface area contributed by atoms with E-state index >= 15 is 0 Å². The number of aliphatic hydroxyl groups is 1. The first-order chi connectivity index (χ1) is 9.95. The van der Waals surface area contributed by atoms with Crippen molar-refractivity contribution < 1.29 is 26.0 Å². The maximum atomic E-state index is 7.00. The molecule has 0 amide bonds. The topological polar surface area (TPSA) is 32.6 Å². The molecule has 0 aliphatic heterocycles. The van der Waals surface area contributed by atoms with Crippen molar-refractivity contribution in [1.82, 2.24) is 0 Å². The molecule has 0 unspecified atom stereocenters. The minimum Gasteiger partial charge on any atom is -0.400 e. The Morgan fingerprint density at radius 2 is 1.29 bits per heavy atom. The van der Waals surface area contributed by atoms with Gasteiger partial charge in [-0.05, 0) is 5.92 Å². The van der Waals surface area contributed by atoms with E-state index in [1.54, 1.807) is 0 Å². The normalized spacial score (nSPS) is 18.7. The van der Waals surface area contributed by atoms with Crippen molar-refractivity contribution in [2.45, 2.75) is 91.0 Å². The van der Waals surface area contributed by atoms with Crippen molar-refractivity contribution in [3.05, 3.63) is 12.8 Å². The van der Waals surface area contributed by atoms with Gasteiger partial charge in [-0.25, -0.2) is 0 Å². The molecule has 2 nitrogen and oxygen atoms in total. The van der Waals surface area contributed by atoms with Crippen molar-refractivity contribution >= 4 is 0 Å². The standard InChI is InChI=1S/C7H13.C6H11.C4H9N.CH4O.Nb/c1-7-5-3-2-4-6-7;1-2-4-6-5-3-1;1-4(2,3)5;1-2;/h2,7H,3-6H2,1H3;1H,2-6H2;1-3H3;2H,1H3;/q2*-1;;;. The molecule has 2 saturated carbocycles. The van der Waals surface area contributed by atoms with Crippen molar-refractivity contribution in [3.8, 4) is 0 Å². The summed E-state index contributed by atoms with van der Waals surface area (Å²) in [6, 6.07) is 0. The summed E-state index contributed by atoms with van der Waals surface area (Å²) in [5, 5.41) is 7.00. The van der Waals surface area contributed by atoms with Gasteiger partial charge in [-0.15, -0.1) is 0 Å². The van der Waals surface area contributed by atoms with Gasteiger partial charge < -0.3 is 17.9 Å². The fraction of sp³-hybridized carbons (Fsp3) is 0.889. The number of aliphatic hydroxyl groups excluding tert-OH is 1. The molecule has 0 radical (unpaired) electrons. The van der Waals surface area contributed by atoms with Crippen LogP contribution in [0.1, 0.15) is 85.5 Å². The monoisotopic (exact) mass is 376 g/mol. The van der Waals surface area contributed by atoms with E-state index in [2.05, 4.69) is 43.9 Å². The van der Waals surface area contributed by atoms with E-state index in [0.29, 0.717) is 0 Å². The van der Waals surface area contributed by atoms with Crippen LogP contribution in [0, 0.1) is 18.8 Å². The van der Waals surface area contributed by atoms with Gasteiger partial charge in [0.1, 0.15) is 0 Å². The number of nitrogens with zero attached hydrogens (tertiary/aromatic N) is 1. The number of rotatable bonds is 0. The molecule has 21 heavy (non-hydrogen) atoms. The predicted octanol–water partition coefficient (Wildman–Crippen LogP) is 5.68. The van der Waals surface area contributed by atoms with Gasteiger partial charge in [0.25, 0.3) is 0 Å². The molecule has 0 spiro atoms. The number of hydrogen-bond donors (Lipinski definition) is 1. The average molecular weight is 376 g/mol. The molecule has 1 N–H and O–H groups in total. The minimum absolute atomic E-state index is 0.189. The second kappa shape index (κ2) is 16.9. The molecule has 0 bridgehead atoms. The van der Waals surface area contributed by atoms with Crippen molar-refractivity contribution in [2.75, 3.05) is 7.11 Å². The zero-order valence-electron chi connectivity index (χ0n) is 14.9. The molecule has 0 aromatic heterocycles. The Hall–Kier alpha value is 0.500. The van der Waals surface area contributed by atoms with Crippen LogP contribution in [-0.2, 0) is 20.9 Å². The molecule has 2 fully saturated rings. The summed E-state index contributed by atoms with van der Waals surface area (Å²) in [7, 11) is 1.00. The van der Waals surface area contributed by atoms with Gasteiger partial charge in [-0.2, -0.15) is 25.7 Å². The van der Waals surface area contributed by atoms with Gasteiger partial charge in [0.15, 0.2) is 0 Å². The third-order valence-electron chi connectivity index (χ3n) is 3.34. The molecule has 2 aliphatic rings. The zero-order chi connectivity index (χ0) is 16.6. The van der Waals surface area contributed by atoms with E-state index in [9.17, 15) is 0 Å².